The summed E-state index contributed by atoms with van der Waals surface area (Å²) in [6.07, 6.45) is 0. The van der Waals surface area contributed by atoms with Crippen LogP contribution in [-0.2, 0) is 5.41 Å². The zero-order valence-corrected chi connectivity index (χ0v) is 30.4. The van der Waals surface area contributed by atoms with Crippen LogP contribution in [0.3, 0.4) is 0 Å². The number of fused-ring (bicyclic) bond motifs is 9. The third kappa shape index (κ3) is 4.83. The molecule has 4 heteroatoms. The highest BCUT2D eigenvalue weighted by Crippen LogP contribution is 2.64. The molecule has 56 heavy (non-hydrogen) atoms. The molecule has 8 aromatic carbocycles. The molecule has 0 saturated heterocycles. The van der Waals surface area contributed by atoms with Gasteiger partial charge in [0.15, 0.2) is 17.5 Å². The van der Waals surface area contributed by atoms with Gasteiger partial charge in [0.25, 0.3) is 0 Å². The number of nitrogens with zero attached hydrogens (tertiary/aromatic N) is 4. The van der Waals surface area contributed by atoms with Gasteiger partial charge in [-0.2, -0.15) is 0 Å². The van der Waals surface area contributed by atoms with Crippen LogP contribution >= 0.6 is 0 Å². The third-order valence-electron chi connectivity index (χ3n) is 11.3. The first-order valence-electron chi connectivity index (χ1n) is 19.0. The van der Waals surface area contributed by atoms with Crippen LogP contribution < -0.4 is 4.90 Å². The van der Waals surface area contributed by atoms with Gasteiger partial charge in [-0.15, -0.1) is 0 Å². The quantitative estimate of drug-likeness (QED) is 0.178. The van der Waals surface area contributed by atoms with E-state index in [9.17, 15) is 0 Å². The van der Waals surface area contributed by atoms with E-state index in [0.717, 1.165) is 50.4 Å². The van der Waals surface area contributed by atoms with E-state index in [4.69, 9.17) is 15.0 Å². The lowest BCUT2D eigenvalue weighted by Gasteiger charge is -2.45. The molecule has 1 spiro atoms. The average molecular weight is 715 g/mol. The van der Waals surface area contributed by atoms with Gasteiger partial charge in [-0.1, -0.05) is 176 Å². The van der Waals surface area contributed by atoms with Crippen molar-refractivity contribution in [2.45, 2.75) is 5.41 Å². The Hall–Kier alpha value is -7.43. The molecule has 1 aliphatic carbocycles. The van der Waals surface area contributed by atoms with E-state index in [1.807, 2.05) is 24.3 Å². The summed E-state index contributed by atoms with van der Waals surface area (Å²) < 4.78 is 0. The molecule has 262 valence electrons. The zero-order chi connectivity index (χ0) is 37.1. The lowest BCUT2D eigenvalue weighted by atomic mass is 9.64. The molecule has 4 nitrogen and oxygen atoms in total. The summed E-state index contributed by atoms with van der Waals surface area (Å²) in [4.78, 5) is 18.1. The Morgan fingerprint density at radius 1 is 0.321 bits per heavy atom. The molecule has 0 saturated carbocycles. The standard InChI is InChI=1S/C52H34N4/c1-4-18-35(19-5-1)37-22-16-23-38(34-37)50-53-49(36-20-6-2-7-21-36)54-51(55-50)41-27-17-31-45-48(41)40-26-10-11-28-42(40)52(45)43-29-12-14-32-46(43)56(39-24-8-3-9-25-39)47-33-15-13-30-44(47)52/h1-34H. The van der Waals surface area contributed by atoms with Gasteiger partial charge in [-0.3, -0.25) is 0 Å². The Labute approximate surface area is 326 Å². The predicted molar refractivity (Wildman–Crippen MR) is 227 cm³/mol. The van der Waals surface area contributed by atoms with Crippen LogP contribution in [0.25, 0.3) is 56.4 Å². The number of aromatic nitrogens is 3. The van der Waals surface area contributed by atoms with Crippen LogP contribution in [0.1, 0.15) is 22.3 Å². The molecule has 0 unspecified atom stereocenters. The van der Waals surface area contributed by atoms with E-state index in [2.05, 4.69) is 187 Å². The van der Waals surface area contributed by atoms with Crippen molar-refractivity contribution in [2.75, 3.05) is 4.90 Å². The summed E-state index contributed by atoms with van der Waals surface area (Å²) in [5.74, 6) is 1.92. The first-order valence-corrected chi connectivity index (χ1v) is 19.0. The van der Waals surface area contributed by atoms with Crippen LogP contribution in [0, 0.1) is 0 Å². The summed E-state index contributed by atoms with van der Waals surface area (Å²) in [6, 6.07) is 73.2. The molecule has 9 aromatic rings. The first kappa shape index (κ1) is 32.0. The number of para-hydroxylation sites is 3. The number of hydrogen-bond donors (Lipinski definition) is 0. The Bertz CT molecular complexity index is 2870. The van der Waals surface area contributed by atoms with E-state index >= 15 is 0 Å². The minimum atomic E-state index is -0.581. The number of benzene rings is 8. The minimum absolute atomic E-state index is 0.581. The highest BCUT2D eigenvalue weighted by atomic mass is 15.2. The molecule has 0 bridgehead atoms. The van der Waals surface area contributed by atoms with E-state index in [-0.39, 0.29) is 0 Å². The largest absolute Gasteiger partial charge is 0.310 e. The summed E-state index contributed by atoms with van der Waals surface area (Å²) in [7, 11) is 0. The Morgan fingerprint density at radius 2 is 0.786 bits per heavy atom. The van der Waals surface area contributed by atoms with Crippen LogP contribution in [0.15, 0.2) is 206 Å². The van der Waals surface area contributed by atoms with Crippen molar-refractivity contribution >= 4 is 17.1 Å². The van der Waals surface area contributed by atoms with E-state index in [1.165, 1.54) is 27.8 Å². The number of anilines is 3. The Morgan fingerprint density at radius 3 is 1.48 bits per heavy atom. The molecule has 0 atom stereocenters. The van der Waals surface area contributed by atoms with Gasteiger partial charge in [0.05, 0.1) is 16.8 Å². The van der Waals surface area contributed by atoms with Crippen molar-refractivity contribution in [3.05, 3.63) is 229 Å². The van der Waals surface area contributed by atoms with Crippen molar-refractivity contribution in [3.63, 3.8) is 0 Å². The molecule has 0 radical (unpaired) electrons. The molecule has 1 aromatic heterocycles. The highest BCUT2D eigenvalue weighted by molar-refractivity contribution is 5.99. The van der Waals surface area contributed by atoms with Crippen molar-refractivity contribution < 1.29 is 0 Å². The maximum atomic E-state index is 5.33. The Balaban J connectivity index is 1.18. The van der Waals surface area contributed by atoms with Gasteiger partial charge in [0.1, 0.15) is 0 Å². The van der Waals surface area contributed by atoms with Crippen molar-refractivity contribution in [1.82, 2.24) is 15.0 Å². The summed E-state index contributed by atoms with van der Waals surface area (Å²) >= 11 is 0. The fraction of sp³-hybridized carbons (Fsp3) is 0.0192. The van der Waals surface area contributed by atoms with Crippen molar-refractivity contribution in [2.24, 2.45) is 0 Å². The molecule has 2 aliphatic rings. The molecule has 0 amide bonds. The predicted octanol–water partition coefficient (Wildman–Crippen LogP) is 12.7. The number of rotatable bonds is 5. The maximum Gasteiger partial charge on any atom is 0.164 e. The fourth-order valence-electron chi connectivity index (χ4n) is 9.01. The smallest absolute Gasteiger partial charge is 0.164 e. The van der Waals surface area contributed by atoms with Crippen LogP contribution in [0.4, 0.5) is 17.1 Å². The van der Waals surface area contributed by atoms with E-state index in [1.54, 1.807) is 0 Å². The zero-order valence-electron chi connectivity index (χ0n) is 30.4. The van der Waals surface area contributed by atoms with Crippen molar-refractivity contribution in [3.8, 4) is 56.4 Å². The molecule has 0 fully saturated rings. The summed E-state index contributed by atoms with van der Waals surface area (Å²) in [5, 5.41) is 0. The second-order valence-electron chi connectivity index (χ2n) is 14.3. The average Bonchev–Trinajstić information content (AvgIpc) is 3.58. The topological polar surface area (TPSA) is 41.9 Å². The fourth-order valence-corrected chi connectivity index (χ4v) is 9.01. The molecule has 11 rings (SSSR count). The SMILES string of the molecule is c1ccc(-c2cccc(-c3nc(-c4ccccc4)nc(-c4cccc5c4-c4ccccc4C54c5ccccc5N(c5ccccc5)c5ccccc54)n3)c2)cc1. The van der Waals surface area contributed by atoms with Gasteiger partial charge in [-0.25, -0.2) is 15.0 Å². The third-order valence-corrected chi connectivity index (χ3v) is 11.3. The lowest BCUT2D eigenvalue weighted by molar-refractivity contribution is 0.752. The second-order valence-corrected chi connectivity index (χ2v) is 14.3. The van der Waals surface area contributed by atoms with Crippen molar-refractivity contribution in [1.29, 1.82) is 0 Å². The normalized spacial score (nSPS) is 13.1. The number of hydrogen-bond acceptors (Lipinski definition) is 4. The first-order chi connectivity index (χ1) is 27.8. The van der Waals surface area contributed by atoms with Crippen LogP contribution in [0.2, 0.25) is 0 Å². The highest BCUT2D eigenvalue weighted by Gasteiger charge is 2.52. The molecular weight excluding hydrogens is 681 g/mol. The van der Waals surface area contributed by atoms with Crippen LogP contribution in [-0.4, -0.2) is 15.0 Å². The van der Waals surface area contributed by atoms with E-state index in [0.29, 0.717) is 17.5 Å². The van der Waals surface area contributed by atoms with Crippen LogP contribution in [0.5, 0.6) is 0 Å². The lowest BCUT2D eigenvalue weighted by Crippen LogP contribution is -2.36. The van der Waals surface area contributed by atoms with Gasteiger partial charge in [0, 0.05) is 22.4 Å². The molecule has 2 heterocycles. The monoisotopic (exact) mass is 714 g/mol. The molecular formula is C52H34N4. The summed E-state index contributed by atoms with van der Waals surface area (Å²) in [6.45, 7) is 0. The van der Waals surface area contributed by atoms with Gasteiger partial charge < -0.3 is 4.90 Å². The Kier molecular flexibility index (Phi) is 7.36. The van der Waals surface area contributed by atoms with Gasteiger partial charge in [0.2, 0.25) is 0 Å². The van der Waals surface area contributed by atoms with E-state index < -0.39 is 5.41 Å². The molecule has 1 aliphatic heterocycles. The maximum absolute atomic E-state index is 5.33. The second kappa shape index (κ2) is 12.9. The summed E-state index contributed by atoms with van der Waals surface area (Å²) in [5.41, 5.74) is 15.3. The molecule has 0 N–H and O–H groups in total. The van der Waals surface area contributed by atoms with Gasteiger partial charge >= 0.3 is 0 Å². The minimum Gasteiger partial charge on any atom is -0.310 e. The van der Waals surface area contributed by atoms with Gasteiger partial charge in [-0.05, 0) is 74.8 Å².